The van der Waals surface area contributed by atoms with Gasteiger partial charge in [-0.2, -0.15) is 0 Å². The van der Waals surface area contributed by atoms with Crippen LogP contribution in [0.25, 0.3) is 43.8 Å². The van der Waals surface area contributed by atoms with E-state index < -0.39 is 5.41 Å². The van der Waals surface area contributed by atoms with E-state index >= 15 is 0 Å². The highest BCUT2D eigenvalue weighted by atomic mass is 16.5. The molecule has 0 saturated heterocycles. The Hall–Kier alpha value is -5.80. The molecule has 1 aromatic heterocycles. The lowest BCUT2D eigenvalue weighted by molar-refractivity contribution is 0.436. The third-order valence-electron chi connectivity index (χ3n) is 9.48. The van der Waals surface area contributed by atoms with Crippen LogP contribution in [-0.4, -0.2) is 0 Å². The maximum atomic E-state index is 6.48. The van der Waals surface area contributed by atoms with E-state index in [1.165, 1.54) is 33.0 Å². The molecule has 3 heteroatoms. The minimum Gasteiger partial charge on any atom is -0.457 e. The third kappa shape index (κ3) is 3.10. The summed E-state index contributed by atoms with van der Waals surface area (Å²) >= 11 is 0. The van der Waals surface area contributed by atoms with E-state index in [9.17, 15) is 0 Å². The van der Waals surface area contributed by atoms with Gasteiger partial charge in [0.1, 0.15) is 22.7 Å². The van der Waals surface area contributed by atoms with Crippen molar-refractivity contribution in [1.29, 1.82) is 0 Å². The number of nitrogens with one attached hydrogen (secondary N) is 1. The Balaban J connectivity index is 1.14. The first kappa shape index (κ1) is 23.7. The normalized spacial score (nSPS) is 13.8. The molecule has 1 aliphatic heterocycles. The average molecular weight is 564 g/mol. The second-order valence-corrected chi connectivity index (χ2v) is 11.8. The fourth-order valence-electron chi connectivity index (χ4n) is 7.64. The van der Waals surface area contributed by atoms with E-state index in [-0.39, 0.29) is 0 Å². The van der Waals surface area contributed by atoms with Crippen molar-refractivity contribution >= 4 is 44.1 Å². The van der Waals surface area contributed by atoms with Crippen molar-refractivity contribution in [2.24, 2.45) is 0 Å². The number of para-hydroxylation sites is 2. The Morgan fingerprint density at radius 2 is 1.02 bits per heavy atom. The van der Waals surface area contributed by atoms with Crippen LogP contribution < -0.4 is 10.1 Å². The average Bonchev–Trinajstić information content (AvgIpc) is 3.56. The molecule has 206 valence electrons. The molecule has 2 aliphatic rings. The maximum absolute atomic E-state index is 6.48. The summed E-state index contributed by atoms with van der Waals surface area (Å²) in [6, 6.07) is 51.7. The lowest BCUT2D eigenvalue weighted by Crippen LogP contribution is -2.32. The van der Waals surface area contributed by atoms with Gasteiger partial charge in [0.05, 0.1) is 5.41 Å². The summed E-state index contributed by atoms with van der Waals surface area (Å²) < 4.78 is 12.9. The summed E-state index contributed by atoms with van der Waals surface area (Å²) in [6.45, 7) is 0. The van der Waals surface area contributed by atoms with E-state index in [1.807, 2.05) is 0 Å². The van der Waals surface area contributed by atoms with Crippen LogP contribution >= 0.6 is 0 Å². The quantitative estimate of drug-likeness (QED) is 0.227. The first-order valence-electron chi connectivity index (χ1n) is 15.0. The van der Waals surface area contributed by atoms with Crippen molar-refractivity contribution in [1.82, 2.24) is 0 Å². The van der Waals surface area contributed by atoms with Crippen molar-refractivity contribution in [3.8, 4) is 22.6 Å². The van der Waals surface area contributed by atoms with Crippen molar-refractivity contribution in [2.45, 2.75) is 5.41 Å². The second-order valence-electron chi connectivity index (χ2n) is 11.8. The molecule has 0 radical (unpaired) electrons. The molecule has 1 aliphatic carbocycles. The standard InChI is InChI=1S/C41H25NO2/c1-2-10-26-22-39-32(21-25(26)9-1)31-20-18-28(24-40(31)44-39)42-27-17-19-30-29-11-3-4-12-33(29)41(36(30)23-27)34-13-5-7-15-37(34)43-38-16-8-6-14-35(38)41/h1-24,42H. The summed E-state index contributed by atoms with van der Waals surface area (Å²) in [6.07, 6.45) is 0. The van der Waals surface area contributed by atoms with Crippen LogP contribution in [0.3, 0.4) is 0 Å². The molecule has 0 unspecified atom stereocenters. The van der Waals surface area contributed by atoms with Crippen LogP contribution in [-0.2, 0) is 5.41 Å². The number of benzene rings is 7. The summed E-state index contributed by atoms with van der Waals surface area (Å²) in [5.74, 6) is 1.80. The monoisotopic (exact) mass is 563 g/mol. The lowest BCUT2D eigenvalue weighted by Gasteiger charge is -2.39. The number of hydrogen-bond donors (Lipinski definition) is 1. The minimum atomic E-state index is -0.486. The van der Waals surface area contributed by atoms with Gasteiger partial charge in [0, 0.05) is 39.3 Å². The summed E-state index contributed by atoms with van der Waals surface area (Å²) in [5.41, 5.74) is 10.7. The Morgan fingerprint density at radius 1 is 0.432 bits per heavy atom. The Bertz CT molecular complexity index is 2420. The molecule has 44 heavy (non-hydrogen) atoms. The maximum Gasteiger partial charge on any atom is 0.137 e. The molecule has 2 heterocycles. The molecule has 8 aromatic rings. The molecule has 10 rings (SSSR count). The fourth-order valence-corrected chi connectivity index (χ4v) is 7.64. The number of rotatable bonds is 2. The van der Waals surface area contributed by atoms with Gasteiger partial charge in [-0.25, -0.2) is 0 Å². The fraction of sp³-hybridized carbons (Fsp3) is 0.0244. The smallest absolute Gasteiger partial charge is 0.137 e. The zero-order valence-corrected chi connectivity index (χ0v) is 23.7. The highest BCUT2D eigenvalue weighted by Crippen LogP contribution is 2.62. The number of fused-ring (bicyclic) bond motifs is 13. The summed E-state index contributed by atoms with van der Waals surface area (Å²) in [7, 11) is 0. The molecule has 0 bridgehead atoms. The summed E-state index contributed by atoms with van der Waals surface area (Å²) in [5, 5.41) is 8.37. The van der Waals surface area contributed by atoms with Gasteiger partial charge in [0.2, 0.25) is 0 Å². The largest absolute Gasteiger partial charge is 0.457 e. The first-order valence-corrected chi connectivity index (χ1v) is 15.0. The molecule has 0 saturated carbocycles. The van der Waals surface area contributed by atoms with E-state index in [1.54, 1.807) is 0 Å². The molecule has 3 nitrogen and oxygen atoms in total. The molecular weight excluding hydrogens is 538 g/mol. The van der Waals surface area contributed by atoms with Gasteiger partial charge in [-0.3, -0.25) is 0 Å². The van der Waals surface area contributed by atoms with E-state index in [2.05, 4.69) is 151 Å². The Morgan fingerprint density at radius 3 is 1.82 bits per heavy atom. The molecule has 0 atom stereocenters. The topological polar surface area (TPSA) is 34.4 Å². The van der Waals surface area contributed by atoms with Crippen LogP contribution in [0.1, 0.15) is 22.3 Å². The third-order valence-corrected chi connectivity index (χ3v) is 9.48. The molecular formula is C41H25NO2. The van der Waals surface area contributed by atoms with Crippen LogP contribution in [0.15, 0.2) is 150 Å². The van der Waals surface area contributed by atoms with E-state index in [4.69, 9.17) is 9.15 Å². The molecule has 0 amide bonds. The number of hydrogen-bond acceptors (Lipinski definition) is 3. The van der Waals surface area contributed by atoms with Crippen molar-refractivity contribution in [3.05, 3.63) is 168 Å². The van der Waals surface area contributed by atoms with Gasteiger partial charge in [0.25, 0.3) is 0 Å². The van der Waals surface area contributed by atoms with Crippen molar-refractivity contribution < 1.29 is 9.15 Å². The van der Waals surface area contributed by atoms with Crippen molar-refractivity contribution in [2.75, 3.05) is 5.32 Å². The van der Waals surface area contributed by atoms with Gasteiger partial charge in [0.15, 0.2) is 0 Å². The van der Waals surface area contributed by atoms with Gasteiger partial charge < -0.3 is 14.5 Å². The van der Waals surface area contributed by atoms with Crippen molar-refractivity contribution in [3.63, 3.8) is 0 Å². The van der Waals surface area contributed by atoms with Crippen LogP contribution in [0.5, 0.6) is 11.5 Å². The Kier molecular flexibility index (Phi) is 4.65. The Labute approximate surface area is 254 Å². The molecule has 7 aromatic carbocycles. The van der Waals surface area contributed by atoms with E-state index in [0.717, 1.165) is 55.9 Å². The predicted molar refractivity (Wildman–Crippen MR) is 178 cm³/mol. The zero-order chi connectivity index (χ0) is 28.8. The highest BCUT2D eigenvalue weighted by Gasteiger charge is 2.50. The van der Waals surface area contributed by atoms with Gasteiger partial charge in [-0.05, 0) is 81.6 Å². The number of ether oxygens (including phenoxy) is 1. The van der Waals surface area contributed by atoms with E-state index in [0.29, 0.717) is 0 Å². The SMILES string of the molecule is c1ccc2c(c1)Oc1ccccc1C21c2ccccc2-c2ccc(Nc3ccc4c(c3)oc3cc5ccccc5cc34)cc21. The lowest BCUT2D eigenvalue weighted by atomic mass is 9.66. The first-order chi connectivity index (χ1) is 21.8. The molecule has 1 spiro atoms. The van der Waals surface area contributed by atoms with Crippen LogP contribution in [0.4, 0.5) is 11.4 Å². The van der Waals surface area contributed by atoms with Gasteiger partial charge in [-0.15, -0.1) is 0 Å². The van der Waals surface area contributed by atoms with Gasteiger partial charge >= 0.3 is 0 Å². The predicted octanol–water partition coefficient (Wildman–Crippen LogP) is 11.0. The van der Waals surface area contributed by atoms with Crippen LogP contribution in [0.2, 0.25) is 0 Å². The summed E-state index contributed by atoms with van der Waals surface area (Å²) in [4.78, 5) is 0. The zero-order valence-electron chi connectivity index (χ0n) is 23.7. The second kappa shape index (κ2) is 8.62. The molecule has 0 fully saturated rings. The number of anilines is 2. The minimum absolute atomic E-state index is 0.486. The van der Waals surface area contributed by atoms with Crippen LogP contribution in [0, 0.1) is 0 Å². The highest BCUT2D eigenvalue weighted by molar-refractivity contribution is 6.10. The molecule has 1 N–H and O–H groups in total. The number of furan rings is 1. The van der Waals surface area contributed by atoms with Gasteiger partial charge in [-0.1, -0.05) is 91.0 Å².